The van der Waals surface area contributed by atoms with Crippen molar-refractivity contribution < 1.29 is 14.4 Å². The molecule has 1 fully saturated rings. The van der Waals surface area contributed by atoms with Crippen LogP contribution in [0.4, 0.5) is 17.3 Å². The number of hydrogen-bond donors (Lipinski definition) is 1. The maximum absolute atomic E-state index is 12.0. The highest BCUT2D eigenvalue weighted by atomic mass is 16.7. The lowest BCUT2D eigenvalue weighted by Crippen LogP contribution is -2.46. The summed E-state index contributed by atoms with van der Waals surface area (Å²) in [4.78, 5) is 24.4. The van der Waals surface area contributed by atoms with Gasteiger partial charge in [0.15, 0.2) is 11.5 Å². The summed E-state index contributed by atoms with van der Waals surface area (Å²) in [6.45, 7) is 4.58. The van der Waals surface area contributed by atoms with Crippen LogP contribution < -0.4 is 19.7 Å². The molecule has 3 heterocycles. The smallest absolute Gasteiger partial charge is 0.353 e. The van der Waals surface area contributed by atoms with Crippen molar-refractivity contribution in [2.24, 2.45) is 0 Å². The zero-order valence-corrected chi connectivity index (χ0v) is 19.2. The number of fused-ring (bicyclic) bond motifs is 1. The van der Waals surface area contributed by atoms with Gasteiger partial charge in [-0.05, 0) is 49.8 Å². The lowest BCUT2D eigenvalue weighted by molar-refractivity contribution is -0.383. The molecular weight excluding hydrogens is 436 g/mol. The number of aromatic nitrogens is 2. The summed E-state index contributed by atoms with van der Waals surface area (Å²) in [6, 6.07) is 6.01. The average Bonchev–Trinajstić information content (AvgIpc) is 3.33. The highest BCUT2D eigenvalue weighted by molar-refractivity contribution is 5.70. The standard InChI is InChI=1S/C24H30N6O4/c31-30(32)22-23(25-9-8-18-4-2-1-3-5-18)26-16-27-24(22)29-12-10-28(11-13-29)15-19-6-7-20-21(14-19)34-17-33-20/h4,6-7,14,16H,1-3,5,8-13,15,17H2,(H,25,26,27). The molecule has 1 aromatic carbocycles. The highest BCUT2D eigenvalue weighted by Gasteiger charge is 2.29. The second-order valence-electron chi connectivity index (χ2n) is 8.89. The first-order valence-electron chi connectivity index (χ1n) is 11.9. The lowest BCUT2D eigenvalue weighted by atomic mass is 9.97. The summed E-state index contributed by atoms with van der Waals surface area (Å²) in [5.41, 5.74) is 2.55. The molecule has 1 aliphatic carbocycles. The molecule has 0 radical (unpaired) electrons. The van der Waals surface area contributed by atoms with E-state index in [9.17, 15) is 10.1 Å². The Morgan fingerprint density at radius 1 is 1.09 bits per heavy atom. The van der Waals surface area contributed by atoms with Crippen LogP contribution in [0.3, 0.4) is 0 Å². The summed E-state index contributed by atoms with van der Waals surface area (Å²) >= 11 is 0. The third kappa shape index (κ3) is 5.06. The molecule has 10 nitrogen and oxygen atoms in total. The fraction of sp³-hybridized carbons (Fsp3) is 0.500. The topological polar surface area (TPSA) is 106 Å². The lowest BCUT2D eigenvalue weighted by Gasteiger charge is -2.35. The summed E-state index contributed by atoms with van der Waals surface area (Å²) in [7, 11) is 0. The van der Waals surface area contributed by atoms with Gasteiger partial charge in [-0.1, -0.05) is 17.7 Å². The molecule has 0 spiro atoms. The fourth-order valence-electron chi connectivity index (χ4n) is 4.79. The number of nitrogens with one attached hydrogen (secondary N) is 1. The number of hydrogen-bond acceptors (Lipinski definition) is 9. The Bertz CT molecular complexity index is 1070. The predicted octanol–water partition coefficient (Wildman–Crippen LogP) is 3.74. The van der Waals surface area contributed by atoms with Crippen LogP contribution in [0, 0.1) is 10.1 Å². The molecule has 1 saturated heterocycles. The molecule has 0 unspecified atom stereocenters. The number of benzene rings is 1. The van der Waals surface area contributed by atoms with Crippen molar-refractivity contribution in [1.82, 2.24) is 14.9 Å². The van der Waals surface area contributed by atoms with Crippen molar-refractivity contribution in [1.29, 1.82) is 0 Å². The van der Waals surface area contributed by atoms with Gasteiger partial charge in [0.05, 0.1) is 4.92 Å². The largest absolute Gasteiger partial charge is 0.454 e. The van der Waals surface area contributed by atoms with Gasteiger partial charge in [-0.3, -0.25) is 15.0 Å². The highest BCUT2D eigenvalue weighted by Crippen LogP contribution is 2.34. The van der Waals surface area contributed by atoms with Crippen molar-refractivity contribution in [3.05, 3.63) is 51.9 Å². The maximum atomic E-state index is 12.0. The van der Waals surface area contributed by atoms with Crippen LogP contribution in [-0.4, -0.2) is 59.3 Å². The number of piperazine rings is 1. The van der Waals surface area contributed by atoms with E-state index in [4.69, 9.17) is 9.47 Å². The van der Waals surface area contributed by atoms with Gasteiger partial charge in [-0.15, -0.1) is 0 Å². The normalized spacial score (nSPS) is 18.0. The van der Waals surface area contributed by atoms with Gasteiger partial charge in [-0.25, -0.2) is 9.97 Å². The number of ether oxygens (including phenoxy) is 2. The van der Waals surface area contributed by atoms with E-state index in [1.165, 1.54) is 24.7 Å². The van der Waals surface area contributed by atoms with E-state index in [1.807, 2.05) is 17.0 Å². The molecule has 0 bridgehead atoms. The summed E-state index contributed by atoms with van der Waals surface area (Å²) in [5.74, 6) is 2.26. The van der Waals surface area contributed by atoms with Crippen molar-refractivity contribution in [3.63, 3.8) is 0 Å². The van der Waals surface area contributed by atoms with E-state index < -0.39 is 0 Å². The van der Waals surface area contributed by atoms with Gasteiger partial charge >= 0.3 is 5.69 Å². The first-order chi connectivity index (χ1) is 16.7. The number of nitro groups is 1. The van der Waals surface area contributed by atoms with E-state index in [2.05, 4.69) is 32.3 Å². The second kappa shape index (κ2) is 10.3. The van der Waals surface area contributed by atoms with E-state index in [-0.39, 0.29) is 17.4 Å². The van der Waals surface area contributed by atoms with Crippen molar-refractivity contribution in [3.8, 4) is 11.5 Å². The van der Waals surface area contributed by atoms with Crippen molar-refractivity contribution in [2.45, 2.75) is 38.6 Å². The Balaban J connectivity index is 1.21. The molecule has 3 aliphatic rings. The minimum absolute atomic E-state index is 0.0376. The zero-order valence-electron chi connectivity index (χ0n) is 19.2. The molecule has 34 heavy (non-hydrogen) atoms. The molecule has 1 N–H and O–H groups in total. The van der Waals surface area contributed by atoms with Crippen LogP contribution in [0.25, 0.3) is 0 Å². The Kier molecular flexibility index (Phi) is 6.75. The van der Waals surface area contributed by atoms with Gasteiger partial charge in [0, 0.05) is 39.3 Å². The van der Waals surface area contributed by atoms with Crippen LogP contribution in [0.5, 0.6) is 11.5 Å². The van der Waals surface area contributed by atoms with Gasteiger partial charge in [0.25, 0.3) is 0 Å². The van der Waals surface area contributed by atoms with Crippen LogP contribution in [-0.2, 0) is 6.54 Å². The third-order valence-electron chi connectivity index (χ3n) is 6.62. The second-order valence-corrected chi connectivity index (χ2v) is 8.89. The zero-order chi connectivity index (χ0) is 23.3. The Morgan fingerprint density at radius 2 is 1.94 bits per heavy atom. The Labute approximate surface area is 198 Å². The summed E-state index contributed by atoms with van der Waals surface area (Å²) in [6.07, 6.45) is 9.33. The minimum atomic E-state index is -0.365. The van der Waals surface area contributed by atoms with Gasteiger partial charge in [-0.2, -0.15) is 0 Å². The first-order valence-corrected chi connectivity index (χ1v) is 11.9. The Morgan fingerprint density at radius 3 is 2.74 bits per heavy atom. The molecule has 0 atom stereocenters. The van der Waals surface area contributed by atoms with Gasteiger partial charge < -0.3 is 19.7 Å². The molecule has 0 saturated carbocycles. The number of nitrogens with zero attached hydrogens (tertiary/aromatic N) is 5. The first kappa shape index (κ1) is 22.4. The van der Waals surface area contributed by atoms with Crippen molar-refractivity contribution >= 4 is 17.3 Å². The minimum Gasteiger partial charge on any atom is -0.454 e. The maximum Gasteiger partial charge on any atom is 0.353 e. The molecule has 2 aliphatic heterocycles. The van der Waals surface area contributed by atoms with Crippen LogP contribution in [0.15, 0.2) is 36.2 Å². The van der Waals surface area contributed by atoms with Crippen molar-refractivity contribution in [2.75, 3.05) is 49.7 Å². The van der Waals surface area contributed by atoms with Gasteiger partial charge in [0.2, 0.25) is 18.4 Å². The average molecular weight is 467 g/mol. The number of rotatable bonds is 8. The fourth-order valence-corrected chi connectivity index (χ4v) is 4.79. The van der Waals surface area contributed by atoms with E-state index in [0.717, 1.165) is 56.0 Å². The molecule has 5 rings (SSSR count). The SMILES string of the molecule is O=[N+]([O-])c1c(NCCC2=CCCCC2)ncnc1N1CCN(Cc2ccc3c(c2)OCO3)CC1. The molecule has 180 valence electrons. The predicted molar refractivity (Wildman–Crippen MR) is 128 cm³/mol. The van der Waals surface area contributed by atoms with Crippen LogP contribution in [0.2, 0.25) is 0 Å². The van der Waals surface area contributed by atoms with Crippen LogP contribution >= 0.6 is 0 Å². The summed E-state index contributed by atoms with van der Waals surface area (Å²) in [5, 5.41) is 15.2. The van der Waals surface area contributed by atoms with E-state index >= 15 is 0 Å². The molecule has 2 aromatic rings. The van der Waals surface area contributed by atoms with E-state index in [0.29, 0.717) is 31.3 Å². The molecule has 0 amide bonds. The van der Waals surface area contributed by atoms with Gasteiger partial charge in [0.1, 0.15) is 6.33 Å². The molecule has 1 aromatic heterocycles. The quantitative estimate of drug-likeness (QED) is 0.354. The van der Waals surface area contributed by atoms with E-state index in [1.54, 1.807) is 0 Å². The summed E-state index contributed by atoms with van der Waals surface area (Å²) < 4.78 is 10.9. The molecular formula is C24H30N6O4. The third-order valence-corrected chi connectivity index (χ3v) is 6.62. The number of allylic oxidation sites excluding steroid dienone is 1. The Hall–Kier alpha value is -3.40. The molecule has 10 heteroatoms. The van der Waals surface area contributed by atoms with Crippen LogP contribution in [0.1, 0.15) is 37.7 Å². The monoisotopic (exact) mass is 466 g/mol. The number of anilines is 2.